The highest BCUT2D eigenvalue weighted by molar-refractivity contribution is 9.10. The monoisotopic (exact) mass is 312 g/mol. The van der Waals surface area contributed by atoms with Crippen LogP contribution in [0.4, 0.5) is 10.1 Å². The summed E-state index contributed by atoms with van der Waals surface area (Å²) in [5.74, 6) is -0.471. The molecule has 1 aromatic carbocycles. The van der Waals surface area contributed by atoms with E-state index < -0.39 is 11.7 Å². The molecule has 0 fully saturated rings. The zero-order chi connectivity index (χ0) is 13.1. The molecule has 0 radical (unpaired) electrons. The van der Waals surface area contributed by atoms with Crippen LogP contribution in [0.1, 0.15) is 23.4 Å². The molecule has 0 saturated heterocycles. The maximum Gasteiger partial charge on any atom is 0.295 e. The van der Waals surface area contributed by atoms with Crippen LogP contribution < -0.4 is 5.32 Å². The molecule has 0 aliphatic rings. The van der Waals surface area contributed by atoms with Crippen molar-refractivity contribution in [1.29, 1.82) is 0 Å². The van der Waals surface area contributed by atoms with E-state index in [1.54, 1.807) is 6.07 Å². The van der Waals surface area contributed by atoms with Crippen LogP contribution in [0.3, 0.4) is 0 Å². The second-order valence-electron chi connectivity index (χ2n) is 3.54. The molecule has 94 valence electrons. The number of carbonyl (C=O) groups excluding carboxylic acids is 1. The minimum Gasteiger partial charge on any atom is -0.317 e. The molecule has 2 aromatic rings. The van der Waals surface area contributed by atoms with Crippen LogP contribution >= 0.6 is 15.9 Å². The molecule has 0 aliphatic heterocycles. The number of aryl methyl sites for hydroxylation is 1. The number of nitrogens with zero attached hydrogens (tertiary/aromatic N) is 2. The van der Waals surface area contributed by atoms with Crippen molar-refractivity contribution in [1.82, 2.24) is 15.2 Å². The first-order valence-electron chi connectivity index (χ1n) is 5.28. The number of aromatic nitrogens is 3. The van der Waals surface area contributed by atoms with E-state index in [1.165, 1.54) is 12.1 Å². The normalized spacial score (nSPS) is 10.4. The van der Waals surface area contributed by atoms with Crippen molar-refractivity contribution >= 4 is 27.5 Å². The van der Waals surface area contributed by atoms with E-state index in [-0.39, 0.29) is 11.5 Å². The molecule has 1 amide bonds. The van der Waals surface area contributed by atoms with Crippen LogP contribution in [0, 0.1) is 5.82 Å². The number of benzene rings is 1. The smallest absolute Gasteiger partial charge is 0.295 e. The van der Waals surface area contributed by atoms with Crippen molar-refractivity contribution in [2.45, 2.75) is 13.3 Å². The molecular formula is C11H10BrFN4O. The minimum absolute atomic E-state index is 0.00540. The number of hydrogen-bond acceptors (Lipinski definition) is 3. The van der Waals surface area contributed by atoms with Crippen molar-refractivity contribution < 1.29 is 9.18 Å². The fraction of sp³-hybridized carbons (Fsp3) is 0.182. The third-order valence-electron chi connectivity index (χ3n) is 2.25. The number of halogens is 2. The number of rotatable bonds is 3. The van der Waals surface area contributed by atoms with Gasteiger partial charge in [-0.2, -0.15) is 0 Å². The third kappa shape index (κ3) is 2.73. The maximum absolute atomic E-state index is 13.5. The standard InChI is InChI=1S/C11H10BrFN4O/c1-2-9-15-10(17-16-9)11(18)14-8-4-3-6(12)5-7(8)13/h3-5H,2H2,1H3,(H,14,18)(H,15,16,17). The van der Waals surface area contributed by atoms with E-state index in [0.29, 0.717) is 16.7 Å². The Labute approximate surface area is 111 Å². The van der Waals surface area contributed by atoms with E-state index in [9.17, 15) is 9.18 Å². The van der Waals surface area contributed by atoms with Crippen molar-refractivity contribution in [2.24, 2.45) is 0 Å². The second kappa shape index (κ2) is 5.26. The van der Waals surface area contributed by atoms with Crippen LogP contribution in [-0.4, -0.2) is 21.1 Å². The molecule has 0 spiro atoms. The number of carbonyl (C=O) groups is 1. The van der Waals surface area contributed by atoms with Gasteiger partial charge < -0.3 is 5.32 Å². The van der Waals surface area contributed by atoms with Crippen LogP contribution in [0.15, 0.2) is 22.7 Å². The van der Waals surface area contributed by atoms with Gasteiger partial charge in [-0.25, -0.2) is 9.37 Å². The Balaban J connectivity index is 2.16. The lowest BCUT2D eigenvalue weighted by molar-refractivity contribution is 0.101. The Bertz CT molecular complexity index is 584. The number of hydrogen-bond donors (Lipinski definition) is 2. The summed E-state index contributed by atoms with van der Waals surface area (Å²) in [4.78, 5) is 15.7. The lowest BCUT2D eigenvalue weighted by Gasteiger charge is -2.04. The molecule has 7 heteroatoms. The first kappa shape index (κ1) is 12.7. The molecule has 0 bridgehead atoms. The van der Waals surface area contributed by atoms with Gasteiger partial charge in [-0.15, -0.1) is 5.10 Å². The summed E-state index contributed by atoms with van der Waals surface area (Å²) in [7, 11) is 0. The predicted octanol–water partition coefficient (Wildman–Crippen LogP) is 2.52. The summed E-state index contributed by atoms with van der Waals surface area (Å²) in [6.45, 7) is 1.89. The summed E-state index contributed by atoms with van der Waals surface area (Å²) < 4.78 is 14.1. The van der Waals surface area contributed by atoms with Gasteiger partial charge in [0.05, 0.1) is 5.69 Å². The van der Waals surface area contributed by atoms with E-state index in [1.807, 2.05) is 6.92 Å². The summed E-state index contributed by atoms with van der Waals surface area (Å²) in [5.41, 5.74) is 0.0889. The first-order valence-corrected chi connectivity index (χ1v) is 6.07. The van der Waals surface area contributed by atoms with Gasteiger partial charge in [0.25, 0.3) is 5.91 Å². The summed E-state index contributed by atoms with van der Waals surface area (Å²) in [6.07, 6.45) is 0.646. The minimum atomic E-state index is -0.549. The molecule has 0 saturated carbocycles. The molecular weight excluding hydrogens is 303 g/mol. The number of H-pyrrole nitrogens is 1. The lowest BCUT2D eigenvalue weighted by atomic mass is 10.3. The van der Waals surface area contributed by atoms with E-state index in [4.69, 9.17) is 0 Å². The average Bonchev–Trinajstić information content (AvgIpc) is 2.81. The topological polar surface area (TPSA) is 70.7 Å². The van der Waals surface area contributed by atoms with Crippen LogP contribution in [0.5, 0.6) is 0 Å². The molecule has 2 N–H and O–H groups in total. The Hall–Kier alpha value is -1.76. The fourth-order valence-electron chi connectivity index (χ4n) is 1.32. The van der Waals surface area contributed by atoms with Gasteiger partial charge >= 0.3 is 0 Å². The van der Waals surface area contributed by atoms with E-state index >= 15 is 0 Å². The van der Waals surface area contributed by atoms with Gasteiger partial charge in [-0.3, -0.25) is 9.89 Å². The fourth-order valence-corrected chi connectivity index (χ4v) is 1.66. The largest absolute Gasteiger partial charge is 0.317 e. The zero-order valence-corrected chi connectivity index (χ0v) is 11.1. The molecule has 1 aromatic heterocycles. The van der Waals surface area contributed by atoms with Crippen LogP contribution in [-0.2, 0) is 6.42 Å². The average molecular weight is 313 g/mol. The summed E-state index contributed by atoms with van der Waals surface area (Å²) in [6, 6.07) is 4.36. The number of amides is 1. The number of aromatic amines is 1. The Morgan fingerprint density at radius 1 is 1.56 bits per heavy atom. The van der Waals surface area contributed by atoms with Crippen molar-refractivity contribution in [3.8, 4) is 0 Å². The van der Waals surface area contributed by atoms with Crippen molar-refractivity contribution in [3.63, 3.8) is 0 Å². The van der Waals surface area contributed by atoms with Gasteiger partial charge in [-0.1, -0.05) is 22.9 Å². The molecule has 0 atom stereocenters. The molecule has 0 aliphatic carbocycles. The first-order chi connectivity index (χ1) is 8.60. The highest BCUT2D eigenvalue weighted by Gasteiger charge is 2.14. The van der Waals surface area contributed by atoms with Gasteiger partial charge in [0.1, 0.15) is 11.6 Å². The zero-order valence-electron chi connectivity index (χ0n) is 9.50. The quantitative estimate of drug-likeness (QED) is 0.915. The van der Waals surface area contributed by atoms with E-state index in [2.05, 4.69) is 36.4 Å². The van der Waals surface area contributed by atoms with Crippen molar-refractivity contribution in [3.05, 3.63) is 40.1 Å². The Kier molecular flexibility index (Phi) is 3.71. The van der Waals surface area contributed by atoms with E-state index in [0.717, 1.165) is 0 Å². The lowest BCUT2D eigenvalue weighted by Crippen LogP contribution is -2.14. The molecule has 0 unspecified atom stereocenters. The van der Waals surface area contributed by atoms with Gasteiger partial charge in [0.15, 0.2) is 0 Å². The second-order valence-corrected chi connectivity index (χ2v) is 4.45. The molecule has 1 heterocycles. The highest BCUT2D eigenvalue weighted by Crippen LogP contribution is 2.19. The summed E-state index contributed by atoms with van der Waals surface area (Å²) >= 11 is 3.14. The SMILES string of the molecule is CCc1nc(C(=O)Nc2ccc(Br)cc2F)n[nH]1. The number of anilines is 1. The van der Waals surface area contributed by atoms with Crippen LogP contribution in [0.2, 0.25) is 0 Å². The van der Waals surface area contributed by atoms with Crippen LogP contribution in [0.25, 0.3) is 0 Å². The Morgan fingerprint density at radius 2 is 2.33 bits per heavy atom. The predicted molar refractivity (Wildman–Crippen MR) is 67.8 cm³/mol. The Morgan fingerprint density at radius 3 is 2.94 bits per heavy atom. The highest BCUT2D eigenvalue weighted by atomic mass is 79.9. The van der Waals surface area contributed by atoms with Gasteiger partial charge in [-0.05, 0) is 18.2 Å². The van der Waals surface area contributed by atoms with Gasteiger partial charge in [0, 0.05) is 10.9 Å². The van der Waals surface area contributed by atoms with Gasteiger partial charge in [0.2, 0.25) is 5.82 Å². The molecule has 2 rings (SSSR count). The number of nitrogens with one attached hydrogen (secondary N) is 2. The van der Waals surface area contributed by atoms with Crippen molar-refractivity contribution in [2.75, 3.05) is 5.32 Å². The molecule has 18 heavy (non-hydrogen) atoms. The third-order valence-corrected chi connectivity index (χ3v) is 2.74. The summed E-state index contributed by atoms with van der Waals surface area (Å²) in [5, 5.41) is 8.78. The molecule has 5 nitrogen and oxygen atoms in total. The maximum atomic E-state index is 13.5.